The molecule has 3 aromatic rings. The molecule has 1 aliphatic heterocycles. The number of carbonyl (C=O) groups is 2. The molecule has 1 aliphatic rings. The first-order chi connectivity index (χ1) is 15.5. The summed E-state index contributed by atoms with van der Waals surface area (Å²) in [7, 11) is 0. The lowest BCUT2D eigenvalue weighted by Crippen LogP contribution is -2.37. The second-order valence-corrected chi connectivity index (χ2v) is 7.18. The fourth-order valence-electron chi connectivity index (χ4n) is 3.65. The lowest BCUT2D eigenvalue weighted by Gasteiger charge is -2.25. The first-order valence-corrected chi connectivity index (χ1v) is 10.3. The van der Waals surface area contributed by atoms with Gasteiger partial charge in [0.05, 0.1) is 29.7 Å². The van der Waals surface area contributed by atoms with Gasteiger partial charge < -0.3 is 18.6 Å². The number of benzene rings is 2. The second kappa shape index (κ2) is 8.70. The quantitative estimate of drug-likeness (QED) is 0.560. The molecule has 0 saturated heterocycles. The maximum Gasteiger partial charge on any atom is 0.352 e. The zero-order valence-electron chi connectivity index (χ0n) is 18.0. The van der Waals surface area contributed by atoms with Crippen LogP contribution >= 0.6 is 0 Å². The van der Waals surface area contributed by atoms with Gasteiger partial charge in [-0.05, 0) is 39.0 Å². The van der Waals surface area contributed by atoms with Crippen LogP contribution in [0.1, 0.15) is 25.0 Å². The lowest BCUT2D eigenvalue weighted by molar-refractivity contribution is -0.153. The molecule has 32 heavy (non-hydrogen) atoms. The SMILES string of the molecule is CCOC(=O)C1=Cc2c(ccc3c(=O)c(C)c(-c4ccccc4)oc23)OC1C(=O)OCC. The van der Waals surface area contributed by atoms with Crippen LogP contribution < -0.4 is 10.2 Å². The molecule has 1 aromatic heterocycles. The molecule has 7 heteroatoms. The Balaban J connectivity index is 1.96. The third kappa shape index (κ3) is 3.66. The summed E-state index contributed by atoms with van der Waals surface area (Å²) < 4.78 is 22.2. The summed E-state index contributed by atoms with van der Waals surface area (Å²) in [6, 6.07) is 12.4. The number of hydrogen-bond acceptors (Lipinski definition) is 7. The van der Waals surface area contributed by atoms with Gasteiger partial charge in [0.25, 0.3) is 0 Å². The minimum absolute atomic E-state index is 0.0187. The maximum absolute atomic E-state index is 13.1. The van der Waals surface area contributed by atoms with Gasteiger partial charge in [0.1, 0.15) is 17.1 Å². The van der Waals surface area contributed by atoms with Gasteiger partial charge in [-0.25, -0.2) is 9.59 Å². The molecular weight excluding hydrogens is 412 g/mol. The zero-order valence-corrected chi connectivity index (χ0v) is 18.0. The van der Waals surface area contributed by atoms with Crippen molar-refractivity contribution >= 4 is 29.0 Å². The normalized spacial score (nSPS) is 14.8. The van der Waals surface area contributed by atoms with Crippen molar-refractivity contribution in [3.8, 4) is 17.1 Å². The molecule has 0 fully saturated rings. The summed E-state index contributed by atoms with van der Waals surface area (Å²) in [6.07, 6.45) is 0.207. The average molecular weight is 434 g/mol. The van der Waals surface area contributed by atoms with Crippen molar-refractivity contribution in [1.29, 1.82) is 0 Å². The Bertz CT molecular complexity index is 1290. The third-order valence-electron chi connectivity index (χ3n) is 5.16. The van der Waals surface area contributed by atoms with E-state index >= 15 is 0 Å². The van der Waals surface area contributed by atoms with Gasteiger partial charge in [0.15, 0.2) is 5.43 Å². The Kier molecular flexibility index (Phi) is 5.81. The van der Waals surface area contributed by atoms with E-state index < -0.39 is 18.0 Å². The van der Waals surface area contributed by atoms with Crippen LogP contribution in [0.15, 0.2) is 57.2 Å². The Hall–Kier alpha value is -3.87. The number of hydrogen-bond donors (Lipinski definition) is 0. The molecule has 2 heterocycles. The minimum atomic E-state index is -1.27. The fraction of sp³-hybridized carbons (Fsp3) is 0.240. The molecule has 1 unspecified atom stereocenters. The van der Waals surface area contributed by atoms with E-state index in [4.69, 9.17) is 18.6 Å². The van der Waals surface area contributed by atoms with Gasteiger partial charge in [-0.1, -0.05) is 30.3 Å². The van der Waals surface area contributed by atoms with Crippen molar-refractivity contribution in [2.45, 2.75) is 26.9 Å². The third-order valence-corrected chi connectivity index (χ3v) is 5.16. The van der Waals surface area contributed by atoms with Crippen molar-refractivity contribution < 1.29 is 28.2 Å². The van der Waals surface area contributed by atoms with Crippen LogP contribution in [-0.4, -0.2) is 31.3 Å². The summed E-state index contributed by atoms with van der Waals surface area (Å²) >= 11 is 0. The first-order valence-electron chi connectivity index (χ1n) is 10.3. The van der Waals surface area contributed by atoms with E-state index in [-0.39, 0.29) is 29.8 Å². The van der Waals surface area contributed by atoms with E-state index in [1.807, 2.05) is 30.3 Å². The van der Waals surface area contributed by atoms with Gasteiger partial charge in [0, 0.05) is 11.1 Å². The van der Waals surface area contributed by atoms with Crippen LogP contribution in [0.4, 0.5) is 0 Å². The summed E-state index contributed by atoms with van der Waals surface area (Å²) in [4.78, 5) is 38.2. The fourth-order valence-corrected chi connectivity index (χ4v) is 3.65. The molecule has 0 saturated carbocycles. The van der Waals surface area contributed by atoms with Gasteiger partial charge in [-0.3, -0.25) is 4.79 Å². The van der Waals surface area contributed by atoms with Crippen LogP contribution in [-0.2, 0) is 19.1 Å². The minimum Gasteiger partial charge on any atom is -0.473 e. The Labute approximate surface area is 184 Å². The molecule has 0 amide bonds. The van der Waals surface area contributed by atoms with E-state index in [9.17, 15) is 14.4 Å². The van der Waals surface area contributed by atoms with Crippen LogP contribution in [0, 0.1) is 6.92 Å². The topological polar surface area (TPSA) is 92.0 Å². The summed E-state index contributed by atoms with van der Waals surface area (Å²) in [5, 5.41) is 0.346. The monoisotopic (exact) mass is 434 g/mol. The molecule has 4 rings (SSSR count). The molecule has 164 valence electrons. The smallest absolute Gasteiger partial charge is 0.352 e. The number of ether oxygens (including phenoxy) is 3. The number of rotatable bonds is 5. The predicted octanol–water partition coefficient (Wildman–Crippen LogP) is 4.04. The molecule has 7 nitrogen and oxygen atoms in total. The van der Waals surface area contributed by atoms with E-state index in [0.717, 1.165) is 5.56 Å². The first kappa shape index (κ1) is 21.4. The predicted molar refractivity (Wildman–Crippen MR) is 118 cm³/mol. The van der Waals surface area contributed by atoms with Crippen molar-refractivity contribution in [2.24, 2.45) is 0 Å². The van der Waals surface area contributed by atoms with E-state index in [1.165, 1.54) is 6.08 Å². The molecule has 1 atom stereocenters. The highest BCUT2D eigenvalue weighted by Crippen LogP contribution is 2.37. The number of carbonyl (C=O) groups excluding carboxylic acids is 2. The van der Waals surface area contributed by atoms with Crippen molar-refractivity contribution in [3.05, 3.63) is 69.4 Å². The molecule has 0 spiro atoms. The lowest BCUT2D eigenvalue weighted by atomic mass is 9.98. The van der Waals surface area contributed by atoms with Crippen LogP contribution in [0.3, 0.4) is 0 Å². The summed E-state index contributed by atoms with van der Waals surface area (Å²) in [6.45, 7) is 5.30. The van der Waals surface area contributed by atoms with Gasteiger partial charge in [0.2, 0.25) is 6.10 Å². The standard InChI is InChI=1S/C25H22O7/c1-4-29-24(27)18-13-17-19(31-23(18)25(28)30-5-2)12-11-16-20(26)14(3)21(32-22(16)17)15-9-7-6-8-10-15/h6-13,23H,4-5H2,1-3H3. The Morgan fingerprint density at radius 3 is 2.41 bits per heavy atom. The molecule has 0 radical (unpaired) electrons. The second-order valence-electron chi connectivity index (χ2n) is 7.18. The van der Waals surface area contributed by atoms with Crippen molar-refractivity contribution in [1.82, 2.24) is 0 Å². The highest BCUT2D eigenvalue weighted by atomic mass is 16.6. The average Bonchev–Trinajstić information content (AvgIpc) is 2.81. The molecule has 2 aromatic carbocycles. The Morgan fingerprint density at radius 1 is 1.00 bits per heavy atom. The highest BCUT2D eigenvalue weighted by molar-refractivity contribution is 6.05. The zero-order chi connectivity index (χ0) is 22.8. The van der Waals surface area contributed by atoms with Gasteiger partial charge in [-0.15, -0.1) is 0 Å². The van der Waals surface area contributed by atoms with E-state index in [1.54, 1.807) is 32.9 Å². The van der Waals surface area contributed by atoms with E-state index in [0.29, 0.717) is 28.0 Å². The van der Waals surface area contributed by atoms with Gasteiger partial charge in [-0.2, -0.15) is 0 Å². The summed E-state index contributed by atoms with van der Waals surface area (Å²) in [5.74, 6) is -0.677. The molecule has 0 aliphatic carbocycles. The van der Waals surface area contributed by atoms with Crippen LogP contribution in [0.25, 0.3) is 28.4 Å². The highest BCUT2D eigenvalue weighted by Gasteiger charge is 2.36. The van der Waals surface area contributed by atoms with E-state index in [2.05, 4.69) is 0 Å². The van der Waals surface area contributed by atoms with Crippen molar-refractivity contribution in [2.75, 3.05) is 13.2 Å². The number of esters is 2. The van der Waals surface area contributed by atoms with Crippen LogP contribution in [0.2, 0.25) is 0 Å². The largest absolute Gasteiger partial charge is 0.473 e. The van der Waals surface area contributed by atoms with Crippen LogP contribution in [0.5, 0.6) is 5.75 Å². The van der Waals surface area contributed by atoms with Gasteiger partial charge >= 0.3 is 11.9 Å². The number of fused-ring (bicyclic) bond motifs is 3. The van der Waals surface area contributed by atoms with Crippen molar-refractivity contribution in [3.63, 3.8) is 0 Å². The summed E-state index contributed by atoms with van der Waals surface area (Å²) in [5.41, 5.74) is 1.67. The molecule has 0 N–H and O–H groups in total. The maximum atomic E-state index is 13.1. The molecule has 0 bridgehead atoms. The molecular formula is C25H22O7. The Morgan fingerprint density at radius 2 is 1.72 bits per heavy atom.